The average molecular weight is 361 g/mol. The lowest BCUT2D eigenvalue weighted by Gasteiger charge is -2.15. The van der Waals surface area contributed by atoms with Gasteiger partial charge in [-0.3, -0.25) is 4.79 Å². The van der Waals surface area contributed by atoms with Crippen molar-refractivity contribution < 1.29 is 28.6 Å². The number of hydrogen-bond acceptors (Lipinski definition) is 4. The van der Waals surface area contributed by atoms with Crippen molar-refractivity contribution in [3.63, 3.8) is 0 Å². The number of carbonyl (C=O) groups is 2. The number of benzene rings is 2. The van der Waals surface area contributed by atoms with Gasteiger partial charge in [-0.25, -0.2) is 9.18 Å². The van der Waals surface area contributed by atoms with Crippen LogP contribution in [0.15, 0.2) is 48.5 Å². The van der Waals surface area contributed by atoms with Crippen LogP contribution in [-0.2, 0) is 20.9 Å². The van der Waals surface area contributed by atoms with Gasteiger partial charge in [0, 0.05) is 18.2 Å². The van der Waals surface area contributed by atoms with Crippen LogP contribution in [0.1, 0.15) is 27.5 Å². The smallest absolute Gasteiger partial charge is 0.330 e. The average Bonchev–Trinajstić information content (AvgIpc) is 2.64. The topological polar surface area (TPSA) is 84.9 Å². The first-order valence-corrected chi connectivity index (χ1v) is 7.96. The van der Waals surface area contributed by atoms with E-state index in [0.717, 1.165) is 6.07 Å². The molecule has 0 aliphatic heterocycles. The van der Waals surface area contributed by atoms with E-state index in [1.165, 1.54) is 19.2 Å². The van der Waals surface area contributed by atoms with Gasteiger partial charge in [0.25, 0.3) is 5.91 Å². The van der Waals surface area contributed by atoms with Crippen LogP contribution in [0, 0.1) is 5.82 Å². The van der Waals surface area contributed by atoms with Crippen LogP contribution in [0.3, 0.4) is 0 Å². The molecule has 6 nitrogen and oxygen atoms in total. The Morgan fingerprint density at radius 3 is 2.54 bits per heavy atom. The Hall–Kier alpha value is -2.77. The number of carboxylic acid groups (broad SMARTS) is 1. The first-order chi connectivity index (χ1) is 12.5. The molecule has 2 rings (SSSR count). The quantitative estimate of drug-likeness (QED) is 0.671. The van der Waals surface area contributed by atoms with Crippen LogP contribution in [0.4, 0.5) is 4.39 Å². The summed E-state index contributed by atoms with van der Waals surface area (Å²) < 4.78 is 24.0. The van der Waals surface area contributed by atoms with Gasteiger partial charge in [0.1, 0.15) is 5.82 Å². The Kier molecular flexibility index (Phi) is 7.25. The van der Waals surface area contributed by atoms with Gasteiger partial charge in [-0.2, -0.15) is 0 Å². The van der Waals surface area contributed by atoms with Crippen LogP contribution in [0.25, 0.3) is 0 Å². The molecule has 0 fully saturated rings. The molecule has 1 amide bonds. The monoisotopic (exact) mass is 361 g/mol. The minimum Gasteiger partial charge on any atom is -0.479 e. The molecule has 2 aromatic rings. The maximum atomic E-state index is 13.9. The van der Waals surface area contributed by atoms with E-state index in [1.807, 2.05) is 0 Å². The molecule has 26 heavy (non-hydrogen) atoms. The van der Waals surface area contributed by atoms with E-state index in [-0.39, 0.29) is 17.7 Å². The number of ether oxygens (including phenoxy) is 2. The zero-order valence-corrected chi connectivity index (χ0v) is 14.3. The predicted molar refractivity (Wildman–Crippen MR) is 92.2 cm³/mol. The molecule has 0 saturated heterocycles. The summed E-state index contributed by atoms with van der Waals surface area (Å²) in [6.07, 6.45) is 0. The minimum atomic E-state index is -1.20. The highest BCUT2D eigenvalue weighted by molar-refractivity contribution is 5.97. The normalized spacial score (nSPS) is 11.8. The third-order valence-electron chi connectivity index (χ3n) is 3.65. The Labute approximate surface area is 150 Å². The summed E-state index contributed by atoms with van der Waals surface area (Å²) in [5.41, 5.74) is 0.804. The lowest BCUT2D eigenvalue weighted by Crippen LogP contribution is -2.33. The van der Waals surface area contributed by atoms with Gasteiger partial charge in [0.2, 0.25) is 0 Å². The fourth-order valence-corrected chi connectivity index (χ4v) is 2.30. The summed E-state index contributed by atoms with van der Waals surface area (Å²) in [7, 11) is 1.53. The van der Waals surface area contributed by atoms with Crippen molar-refractivity contribution in [1.29, 1.82) is 0 Å². The highest BCUT2D eigenvalue weighted by Gasteiger charge is 2.22. The Morgan fingerprint density at radius 1 is 1.15 bits per heavy atom. The maximum Gasteiger partial charge on any atom is 0.330 e. The highest BCUT2D eigenvalue weighted by atomic mass is 19.1. The highest BCUT2D eigenvalue weighted by Crippen LogP contribution is 2.16. The van der Waals surface area contributed by atoms with Crippen molar-refractivity contribution in [1.82, 2.24) is 5.32 Å². The molecule has 0 unspecified atom stereocenters. The summed E-state index contributed by atoms with van der Waals surface area (Å²) in [6, 6.07) is 10.9. The molecule has 138 valence electrons. The molecule has 2 aromatic carbocycles. The predicted octanol–water partition coefficient (Wildman–Crippen LogP) is 2.54. The van der Waals surface area contributed by atoms with Gasteiger partial charge in [0.15, 0.2) is 6.04 Å². The minimum absolute atomic E-state index is 0.0165. The molecule has 0 saturated carbocycles. The zero-order valence-electron chi connectivity index (χ0n) is 14.3. The third kappa shape index (κ3) is 5.37. The van der Waals surface area contributed by atoms with Crippen LogP contribution in [0.5, 0.6) is 0 Å². The summed E-state index contributed by atoms with van der Waals surface area (Å²) >= 11 is 0. The first-order valence-electron chi connectivity index (χ1n) is 7.96. The van der Waals surface area contributed by atoms with Crippen molar-refractivity contribution in [3.05, 3.63) is 71.0 Å². The summed E-state index contributed by atoms with van der Waals surface area (Å²) in [4.78, 5) is 23.9. The second-order valence-corrected chi connectivity index (χ2v) is 5.51. The molecule has 7 heteroatoms. The second kappa shape index (κ2) is 9.65. The Morgan fingerprint density at radius 2 is 1.88 bits per heavy atom. The fourth-order valence-electron chi connectivity index (χ4n) is 2.30. The lowest BCUT2D eigenvalue weighted by atomic mass is 10.1. The lowest BCUT2D eigenvalue weighted by molar-refractivity contribution is -0.139. The van der Waals surface area contributed by atoms with Gasteiger partial charge < -0.3 is 19.9 Å². The van der Waals surface area contributed by atoms with E-state index in [0.29, 0.717) is 18.8 Å². The van der Waals surface area contributed by atoms with Crippen LogP contribution in [0.2, 0.25) is 0 Å². The fraction of sp³-hybridized carbons (Fsp3) is 0.263. The van der Waals surface area contributed by atoms with E-state index in [4.69, 9.17) is 9.47 Å². The summed E-state index contributed by atoms with van der Waals surface area (Å²) in [6.45, 7) is 0.651. The Bertz CT molecular complexity index is 751. The van der Waals surface area contributed by atoms with Crippen LogP contribution < -0.4 is 5.32 Å². The molecule has 0 aliphatic rings. The van der Waals surface area contributed by atoms with Gasteiger partial charge >= 0.3 is 5.97 Å². The van der Waals surface area contributed by atoms with Crippen LogP contribution in [-0.4, -0.2) is 37.3 Å². The molecule has 1 atom stereocenters. The molecule has 0 aliphatic carbocycles. The van der Waals surface area contributed by atoms with Crippen molar-refractivity contribution in [2.24, 2.45) is 0 Å². The van der Waals surface area contributed by atoms with Crippen molar-refractivity contribution in [3.8, 4) is 0 Å². The van der Waals surface area contributed by atoms with Gasteiger partial charge in [-0.05, 0) is 23.8 Å². The number of carboxylic acids is 1. The second-order valence-electron chi connectivity index (χ2n) is 5.51. The number of aliphatic carboxylic acids is 1. The number of hydrogen-bond donors (Lipinski definition) is 2. The summed E-state index contributed by atoms with van der Waals surface area (Å²) in [5, 5.41) is 11.8. The van der Waals surface area contributed by atoms with E-state index in [9.17, 15) is 19.1 Å². The van der Waals surface area contributed by atoms with E-state index in [2.05, 4.69) is 5.32 Å². The maximum absolute atomic E-state index is 13.9. The standard InChI is InChI=1S/C19H20FNO5/c1-25-9-10-26-12-15-11-14(7-8-16(15)20)18(22)21-17(19(23)24)13-5-3-2-4-6-13/h2-8,11,17H,9-10,12H2,1H3,(H,21,22)(H,23,24)/t17-/m0/s1. The number of methoxy groups -OCH3 is 1. The third-order valence-corrected chi connectivity index (χ3v) is 3.65. The van der Waals surface area contributed by atoms with Gasteiger partial charge in [-0.1, -0.05) is 30.3 Å². The molecule has 0 bridgehead atoms. The molecule has 0 spiro atoms. The molecule has 0 aromatic heterocycles. The van der Waals surface area contributed by atoms with E-state index >= 15 is 0 Å². The largest absolute Gasteiger partial charge is 0.479 e. The van der Waals surface area contributed by atoms with Crippen molar-refractivity contribution in [2.45, 2.75) is 12.6 Å². The SMILES string of the molecule is COCCOCc1cc(C(=O)N[C@H](C(=O)O)c2ccccc2)ccc1F. The molecule has 0 radical (unpaired) electrons. The Balaban J connectivity index is 2.11. The molecular formula is C19H20FNO5. The first kappa shape index (κ1) is 19.6. The van der Waals surface area contributed by atoms with Gasteiger partial charge in [0.05, 0.1) is 19.8 Å². The molecule has 2 N–H and O–H groups in total. The van der Waals surface area contributed by atoms with Crippen molar-refractivity contribution in [2.75, 3.05) is 20.3 Å². The zero-order chi connectivity index (χ0) is 18.9. The summed E-state index contributed by atoms with van der Waals surface area (Å²) in [5.74, 6) is -2.30. The number of rotatable bonds is 9. The van der Waals surface area contributed by atoms with Crippen molar-refractivity contribution >= 4 is 11.9 Å². The van der Waals surface area contributed by atoms with E-state index in [1.54, 1.807) is 30.3 Å². The number of carbonyl (C=O) groups excluding carboxylic acids is 1. The molecular weight excluding hydrogens is 341 g/mol. The number of amides is 1. The number of nitrogens with one attached hydrogen (secondary N) is 1. The molecule has 0 heterocycles. The number of halogens is 1. The van der Waals surface area contributed by atoms with E-state index < -0.39 is 23.7 Å². The van der Waals surface area contributed by atoms with Crippen LogP contribution >= 0.6 is 0 Å². The van der Waals surface area contributed by atoms with Gasteiger partial charge in [-0.15, -0.1) is 0 Å².